The maximum Gasteiger partial charge on any atom is 0.229 e. The first-order valence-electron chi connectivity index (χ1n) is 9.35. The molecular formula is C22H28N2O3. The summed E-state index contributed by atoms with van der Waals surface area (Å²) >= 11 is 0. The molecule has 1 aliphatic rings. The lowest BCUT2D eigenvalue weighted by Crippen LogP contribution is -2.40. The van der Waals surface area contributed by atoms with Crippen molar-refractivity contribution in [3.63, 3.8) is 0 Å². The van der Waals surface area contributed by atoms with Crippen LogP contribution in [0.5, 0.6) is 11.5 Å². The molecule has 0 saturated heterocycles. The Morgan fingerprint density at radius 3 is 2.56 bits per heavy atom. The molecule has 0 saturated carbocycles. The number of ether oxygens (including phenoxy) is 1. The summed E-state index contributed by atoms with van der Waals surface area (Å²) in [6.45, 7) is 11.6. The molecule has 27 heavy (non-hydrogen) atoms. The van der Waals surface area contributed by atoms with Crippen LogP contribution < -0.4 is 10.1 Å². The van der Waals surface area contributed by atoms with E-state index >= 15 is 0 Å². The van der Waals surface area contributed by atoms with E-state index in [9.17, 15) is 9.90 Å². The van der Waals surface area contributed by atoms with Gasteiger partial charge in [0.05, 0.1) is 6.42 Å². The molecule has 144 valence electrons. The van der Waals surface area contributed by atoms with Gasteiger partial charge in [0.1, 0.15) is 22.9 Å². The van der Waals surface area contributed by atoms with Crippen molar-refractivity contribution < 1.29 is 14.6 Å². The van der Waals surface area contributed by atoms with Crippen molar-refractivity contribution in [3.8, 4) is 11.5 Å². The van der Waals surface area contributed by atoms with Crippen molar-refractivity contribution in [2.45, 2.75) is 66.4 Å². The molecule has 0 radical (unpaired) electrons. The van der Waals surface area contributed by atoms with E-state index < -0.39 is 5.60 Å². The van der Waals surface area contributed by atoms with Gasteiger partial charge >= 0.3 is 0 Å². The summed E-state index contributed by atoms with van der Waals surface area (Å²) in [5.41, 5.74) is 5.04. The highest BCUT2D eigenvalue weighted by molar-refractivity contribution is 5.90. The molecule has 2 N–H and O–H groups in total. The number of aromatic nitrogens is 1. The van der Waals surface area contributed by atoms with E-state index in [1.807, 2.05) is 53.7 Å². The molecule has 1 atom stereocenters. The van der Waals surface area contributed by atoms with Crippen LogP contribution in [0.4, 0.5) is 5.82 Å². The van der Waals surface area contributed by atoms with Crippen molar-refractivity contribution in [2.75, 3.05) is 5.32 Å². The molecule has 0 aliphatic carbocycles. The van der Waals surface area contributed by atoms with Crippen LogP contribution in [-0.2, 0) is 11.2 Å². The largest absolute Gasteiger partial charge is 0.507 e. The topological polar surface area (TPSA) is 71.5 Å². The van der Waals surface area contributed by atoms with Crippen molar-refractivity contribution in [2.24, 2.45) is 0 Å². The third-order valence-corrected chi connectivity index (χ3v) is 5.49. The van der Waals surface area contributed by atoms with Crippen LogP contribution in [0.25, 0.3) is 0 Å². The van der Waals surface area contributed by atoms with E-state index in [0.717, 1.165) is 52.1 Å². The van der Waals surface area contributed by atoms with Crippen LogP contribution in [0.3, 0.4) is 0 Å². The molecule has 0 bridgehead atoms. The average molecular weight is 368 g/mol. The summed E-state index contributed by atoms with van der Waals surface area (Å²) in [6, 6.07) is 3.84. The second kappa shape index (κ2) is 6.87. The summed E-state index contributed by atoms with van der Waals surface area (Å²) in [7, 11) is 0. The van der Waals surface area contributed by atoms with E-state index in [-0.39, 0.29) is 12.3 Å². The Balaban J connectivity index is 1.80. The number of amides is 1. The number of hydrogen-bond donors (Lipinski definition) is 2. The van der Waals surface area contributed by atoms with Gasteiger partial charge in [-0.3, -0.25) is 4.79 Å². The zero-order chi connectivity index (χ0) is 19.9. The number of rotatable bonds is 3. The zero-order valence-corrected chi connectivity index (χ0v) is 17.0. The van der Waals surface area contributed by atoms with E-state index in [1.165, 1.54) is 0 Å². The molecule has 1 aromatic heterocycles. The maximum atomic E-state index is 12.6. The Morgan fingerprint density at radius 1 is 1.19 bits per heavy atom. The number of aromatic hydroxyl groups is 1. The zero-order valence-electron chi connectivity index (χ0n) is 17.0. The second-order valence-corrected chi connectivity index (χ2v) is 7.98. The number of nitrogens with zero attached hydrogens (tertiary/aromatic N) is 1. The number of carbonyl (C=O) groups is 1. The third-order valence-electron chi connectivity index (χ3n) is 5.49. The van der Waals surface area contributed by atoms with Crippen LogP contribution in [0.15, 0.2) is 12.1 Å². The van der Waals surface area contributed by atoms with Gasteiger partial charge in [-0.05, 0) is 88.8 Å². The number of phenolic OH excluding ortho intramolecular Hbond substituents is 1. The standard InChI is InChI=1S/C22H28N2O3/c1-12-9-13(2)23-18(10-12)24-19(25)11-22(6)8-7-17-16(5)20(26)14(3)15(4)21(17)27-22/h9-10,26H,7-8,11H2,1-6H3,(H,23,24,25). The van der Waals surface area contributed by atoms with Crippen molar-refractivity contribution in [1.29, 1.82) is 0 Å². The van der Waals surface area contributed by atoms with Gasteiger partial charge in [-0.15, -0.1) is 0 Å². The van der Waals surface area contributed by atoms with E-state index in [2.05, 4.69) is 10.3 Å². The monoisotopic (exact) mass is 368 g/mol. The van der Waals surface area contributed by atoms with Gasteiger partial charge in [-0.25, -0.2) is 4.98 Å². The van der Waals surface area contributed by atoms with E-state index in [0.29, 0.717) is 11.6 Å². The Morgan fingerprint density at radius 2 is 1.89 bits per heavy atom. The molecule has 2 heterocycles. The lowest BCUT2D eigenvalue weighted by atomic mass is 9.85. The van der Waals surface area contributed by atoms with Crippen LogP contribution in [0.2, 0.25) is 0 Å². The lowest BCUT2D eigenvalue weighted by Gasteiger charge is -2.37. The Hall–Kier alpha value is -2.56. The fourth-order valence-corrected chi connectivity index (χ4v) is 3.85. The second-order valence-electron chi connectivity index (χ2n) is 7.98. The molecule has 1 unspecified atom stereocenters. The average Bonchev–Trinajstić information content (AvgIpc) is 2.56. The highest BCUT2D eigenvalue weighted by Crippen LogP contribution is 2.44. The number of carbonyl (C=O) groups excluding carboxylic acids is 1. The molecule has 1 amide bonds. The number of anilines is 1. The van der Waals surface area contributed by atoms with Gasteiger partial charge in [0.25, 0.3) is 0 Å². The number of hydrogen-bond acceptors (Lipinski definition) is 4. The Kier molecular flexibility index (Phi) is 4.89. The summed E-state index contributed by atoms with van der Waals surface area (Å²) in [6.07, 6.45) is 1.75. The van der Waals surface area contributed by atoms with Gasteiger partial charge in [-0.1, -0.05) is 0 Å². The first-order valence-corrected chi connectivity index (χ1v) is 9.35. The van der Waals surface area contributed by atoms with Crippen molar-refractivity contribution >= 4 is 11.7 Å². The summed E-state index contributed by atoms with van der Waals surface area (Å²) in [4.78, 5) is 17.0. The summed E-state index contributed by atoms with van der Waals surface area (Å²) < 4.78 is 6.33. The number of fused-ring (bicyclic) bond motifs is 1. The van der Waals surface area contributed by atoms with Crippen LogP contribution in [-0.4, -0.2) is 21.6 Å². The smallest absolute Gasteiger partial charge is 0.229 e. The Bertz CT molecular complexity index is 900. The Labute approximate surface area is 160 Å². The lowest BCUT2D eigenvalue weighted by molar-refractivity contribution is -0.120. The minimum Gasteiger partial charge on any atom is -0.507 e. The minimum atomic E-state index is -0.587. The van der Waals surface area contributed by atoms with Gasteiger partial charge < -0.3 is 15.2 Å². The van der Waals surface area contributed by atoms with Gasteiger partial charge in [0.2, 0.25) is 5.91 Å². The number of benzene rings is 1. The molecular weight excluding hydrogens is 340 g/mol. The molecule has 0 spiro atoms. The quantitative estimate of drug-likeness (QED) is 0.840. The van der Waals surface area contributed by atoms with Crippen LogP contribution in [0.1, 0.15) is 53.3 Å². The van der Waals surface area contributed by atoms with Crippen LogP contribution in [0, 0.1) is 34.6 Å². The number of phenols is 1. The SMILES string of the molecule is Cc1cc(C)nc(NC(=O)CC2(C)CCc3c(C)c(O)c(C)c(C)c3O2)c1. The molecule has 0 fully saturated rings. The van der Waals surface area contributed by atoms with Gasteiger partial charge in [0, 0.05) is 11.3 Å². The van der Waals surface area contributed by atoms with Crippen molar-refractivity contribution in [1.82, 2.24) is 4.98 Å². The predicted molar refractivity (Wildman–Crippen MR) is 107 cm³/mol. The first-order chi connectivity index (χ1) is 12.6. The van der Waals surface area contributed by atoms with E-state index in [4.69, 9.17) is 4.74 Å². The molecule has 1 aliphatic heterocycles. The molecule has 5 nitrogen and oxygen atoms in total. The molecule has 5 heteroatoms. The predicted octanol–water partition coefficient (Wildman–Crippen LogP) is 4.44. The molecule has 3 rings (SSSR count). The minimum absolute atomic E-state index is 0.108. The van der Waals surface area contributed by atoms with E-state index in [1.54, 1.807) is 0 Å². The highest BCUT2D eigenvalue weighted by Gasteiger charge is 2.36. The number of nitrogens with one attached hydrogen (secondary N) is 1. The third kappa shape index (κ3) is 3.77. The normalized spacial score (nSPS) is 18.6. The highest BCUT2D eigenvalue weighted by atomic mass is 16.5. The fourth-order valence-electron chi connectivity index (χ4n) is 3.85. The molecule has 2 aromatic rings. The number of pyridine rings is 1. The maximum absolute atomic E-state index is 12.6. The van der Waals surface area contributed by atoms with Crippen molar-refractivity contribution in [3.05, 3.63) is 45.6 Å². The first kappa shape index (κ1) is 19.2. The number of aryl methyl sites for hydroxylation is 2. The van der Waals surface area contributed by atoms with Gasteiger partial charge in [0.15, 0.2) is 0 Å². The summed E-state index contributed by atoms with van der Waals surface area (Å²) in [5.74, 6) is 1.62. The fraction of sp³-hybridized carbons (Fsp3) is 0.455. The van der Waals surface area contributed by atoms with Gasteiger partial charge in [-0.2, -0.15) is 0 Å². The molecule has 1 aromatic carbocycles. The summed E-state index contributed by atoms with van der Waals surface area (Å²) in [5, 5.41) is 13.2. The van der Waals surface area contributed by atoms with Crippen LogP contribution >= 0.6 is 0 Å².